The first-order valence-electron chi connectivity index (χ1n) is 7.51. The zero-order valence-electron chi connectivity index (χ0n) is 13.8. The molecule has 3 aromatic rings. The van der Waals surface area contributed by atoms with Crippen molar-refractivity contribution >= 4 is 28.2 Å². The van der Waals surface area contributed by atoms with E-state index < -0.39 is 5.97 Å². The molecule has 0 amide bonds. The van der Waals surface area contributed by atoms with Crippen LogP contribution in [-0.2, 0) is 4.74 Å². The number of aryl methyl sites for hydroxylation is 1. The van der Waals surface area contributed by atoms with Gasteiger partial charge in [0.15, 0.2) is 5.69 Å². The number of pyridine rings is 1. The Labute approximate surface area is 140 Å². The summed E-state index contributed by atoms with van der Waals surface area (Å²) in [5, 5.41) is 4.28. The summed E-state index contributed by atoms with van der Waals surface area (Å²) in [5.41, 5.74) is 3.76. The number of aromatic nitrogens is 1. The third-order valence-electron chi connectivity index (χ3n) is 3.71. The summed E-state index contributed by atoms with van der Waals surface area (Å²) in [6.45, 7) is 2.02. The number of methoxy groups -OCH3 is 2. The summed E-state index contributed by atoms with van der Waals surface area (Å²) in [6, 6.07) is 15.2. The number of hydrogen-bond donors (Lipinski definition) is 1. The van der Waals surface area contributed by atoms with Gasteiger partial charge in [-0.05, 0) is 37.3 Å². The molecule has 1 N–H and O–H groups in total. The molecule has 0 saturated heterocycles. The van der Waals surface area contributed by atoms with Gasteiger partial charge in [-0.25, -0.2) is 9.78 Å². The number of fused-ring (bicyclic) bond motifs is 1. The number of benzene rings is 2. The van der Waals surface area contributed by atoms with Gasteiger partial charge in [-0.1, -0.05) is 17.7 Å². The van der Waals surface area contributed by atoms with Crippen molar-refractivity contribution < 1.29 is 14.3 Å². The van der Waals surface area contributed by atoms with Crippen LogP contribution in [0.1, 0.15) is 16.1 Å². The Morgan fingerprint density at radius 3 is 2.67 bits per heavy atom. The van der Waals surface area contributed by atoms with E-state index in [1.807, 2.05) is 49.4 Å². The molecule has 24 heavy (non-hydrogen) atoms. The fraction of sp³-hybridized carbons (Fsp3) is 0.158. The van der Waals surface area contributed by atoms with E-state index in [1.54, 1.807) is 13.2 Å². The van der Waals surface area contributed by atoms with E-state index in [2.05, 4.69) is 10.3 Å². The molecule has 0 atom stereocenters. The SMILES string of the molecule is COC(=O)c1cc(Nc2cccc(OC)c2)c2cc(C)ccc2n1. The van der Waals surface area contributed by atoms with Gasteiger partial charge in [-0.2, -0.15) is 0 Å². The van der Waals surface area contributed by atoms with E-state index in [-0.39, 0.29) is 5.69 Å². The van der Waals surface area contributed by atoms with E-state index in [0.29, 0.717) is 0 Å². The molecule has 5 heteroatoms. The van der Waals surface area contributed by atoms with Crippen LogP contribution >= 0.6 is 0 Å². The monoisotopic (exact) mass is 322 g/mol. The average molecular weight is 322 g/mol. The highest BCUT2D eigenvalue weighted by Crippen LogP contribution is 2.29. The molecule has 1 aromatic heterocycles. The number of ether oxygens (including phenoxy) is 2. The van der Waals surface area contributed by atoms with Gasteiger partial charge in [0.2, 0.25) is 0 Å². The molecule has 0 aliphatic carbocycles. The van der Waals surface area contributed by atoms with Gasteiger partial charge in [-0.3, -0.25) is 0 Å². The molecule has 0 unspecified atom stereocenters. The molecule has 0 aliphatic heterocycles. The summed E-state index contributed by atoms with van der Waals surface area (Å²) in [6.07, 6.45) is 0. The third-order valence-corrected chi connectivity index (χ3v) is 3.71. The van der Waals surface area contributed by atoms with E-state index in [1.165, 1.54) is 7.11 Å². The van der Waals surface area contributed by atoms with Gasteiger partial charge < -0.3 is 14.8 Å². The molecule has 0 fully saturated rings. The molecule has 0 bridgehead atoms. The van der Waals surface area contributed by atoms with Crippen LogP contribution in [0.15, 0.2) is 48.5 Å². The van der Waals surface area contributed by atoms with Crippen molar-refractivity contribution in [1.29, 1.82) is 0 Å². The molecule has 0 aliphatic rings. The minimum atomic E-state index is -0.467. The second kappa shape index (κ2) is 6.58. The maximum atomic E-state index is 11.9. The number of nitrogens with one attached hydrogen (secondary N) is 1. The fourth-order valence-electron chi connectivity index (χ4n) is 2.51. The standard InChI is InChI=1S/C19H18N2O3/c1-12-7-8-16-15(9-12)17(11-18(21-16)19(22)24-3)20-13-5-4-6-14(10-13)23-2/h4-11H,1-3H3,(H,20,21). The Balaban J connectivity index is 2.12. The highest BCUT2D eigenvalue weighted by atomic mass is 16.5. The Hall–Kier alpha value is -3.08. The molecule has 0 radical (unpaired) electrons. The van der Waals surface area contributed by atoms with Crippen molar-refractivity contribution in [2.75, 3.05) is 19.5 Å². The summed E-state index contributed by atoms with van der Waals surface area (Å²) in [7, 11) is 2.97. The number of esters is 1. The summed E-state index contributed by atoms with van der Waals surface area (Å²) < 4.78 is 10.1. The van der Waals surface area contributed by atoms with Crippen LogP contribution < -0.4 is 10.1 Å². The number of carbonyl (C=O) groups is 1. The third kappa shape index (κ3) is 3.15. The second-order valence-electron chi connectivity index (χ2n) is 5.42. The van der Waals surface area contributed by atoms with Crippen LogP contribution in [-0.4, -0.2) is 25.2 Å². The quantitative estimate of drug-likeness (QED) is 0.733. The van der Waals surface area contributed by atoms with Crippen LogP contribution in [0.2, 0.25) is 0 Å². The minimum absolute atomic E-state index is 0.263. The Morgan fingerprint density at radius 2 is 1.92 bits per heavy atom. The van der Waals surface area contributed by atoms with Gasteiger partial charge in [0.05, 0.1) is 25.4 Å². The molecule has 2 aromatic carbocycles. The highest BCUT2D eigenvalue weighted by molar-refractivity contribution is 5.99. The number of anilines is 2. The number of rotatable bonds is 4. The fourth-order valence-corrected chi connectivity index (χ4v) is 2.51. The molecule has 3 rings (SSSR count). The predicted molar refractivity (Wildman–Crippen MR) is 94.1 cm³/mol. The van der Waals surface area contributed by atoms with Crippen molar-refractivity contribution in [3.05, 3.63) is 59.8 Å². The molecular formula is C19H18N2O3. The maximum absolute atomic E-state index is 11.9. The molecule has 5 nitrogen and oxygen atoms in total. The van der Waals surface area contributed by atoms with E-state index in [0.717, 1.165) is 33.6 Å². The van der Waals surface area contributed by atoms with Crippen LogP contribution in [0, 0.1) is 6.92 Å². The first kappa shape index (κ1) is 15.8. The lowest BCUT2D eigenvalue weighted by molar-refractivity contribution is 0.0594. The van der Waals surface area contributed by atoms with Crippen LogP contribution in [0.3, 0.4) is 0 Å². The highest BCUT2D eigenvalue weighted by Gasteiger charge is 2.13. The van der Waals surface area contributed by atoms with Crippen LogP contribution in [0.4, 0.5) is 11.4 Å². The number of hydrogen-bond acceptors (Lipinski definition) is 5. The van der Waals surface area contributed by atoms with Gasteiger partial charge in [0, 0.05) is 17.1 Å². The van der Waals surface area contributed by atoms with Crippen molar-refractivity contribution in [1.82, 2.24) is 4.98 Å². The molecular weight excluding hydrogens is 304 g/mol. The van der Waals surface area contributed by atoms with Crippen LogP contribution in [0.5, 0.6) is 5.75 Å². The predicted octanol–water partition coefficient (Wildman–Crippen LogP) is 4.08. The van der Waals surface area contributed by atoms with E-state index in [4.69, 9.17) is 9.47 Å². The Kier molecular flexibility index (Phi) is 4.33. The first-order chi connectivity index (χ1) is 11.6. The summed E-state index contributed by atoms with van der Waals surface area (Å²) in [5.74, 6) is 0.286. The van der Waals surface area contributed by atoms with E-state index in [9.17, 15) is 4.79 Å². The normalized spacial score (nSPS) is 10.5. The number of carbonyl (C=O) groups excluding carboxylic acids is 1. The molecule has 1 heterocycles. The summed E-state index contributed by atoms with van der Waals surface area (Å²) in [4.78, 5) is 16.3. The zero-order valence-corrected chi connectivity index (χ0v) is 13.8. The molecule has 0 saturated carbocycles. The lowest BCUT2D eigenvalue weighted by atomic mass is 10.1. The van der Waals surface area contributed by atoms with Gasteiger partial charge in [0.25, 0.3) is 0 Å². The van der Waals surface area contributed by atoms with Crippen molar-refractivity contribution in [3.63, 3.8) is 0 Å². The van der Waals surface area contributed by atoms with Crippen LogP contribution in [0.25, 0.3) is 10.9 Å². The lowest BCUT2D eigenvalue weighted by Crippen LogP contribution is -2.06. The second-order valence-corrected chi connectivity index (χ2v) is 5.42. The zero-order chi connectivity index (χ0) is 17.1. The minimum Gasteiger partial charge on any atom is -0.497 e. The lowest BCUT2D eigenvalue weighted by Gasteiger charge is -2.13. The number of nitrogens with zero attached hydrogens (tertiary/aromatic N) is 1. The van der Waals surface area contributed by atoms with Crippen molar-refractivity contribution in [3.8, 4) is 5.75 Å². The first-order valence-corrected chi connectivity index (χ1v) is 7.51. The Morgan fingerprint density at radius 1 is 1.08 bits per heavy atom. The van der Waals surface area contributed by atoms with Crippen molar-refractivity contribution in [2.45, 2.75) is 6.92 Å². The van der Waals surface area contributed by atoms with Crippen molar-refractivity contribution in [2.24, 2.45) is 0 Å². The average Bonchev–Trinajstić information content (AvgIpc) is 2.61. The topological polar surface area (TPSA) is 60.5 Å². The molecule has 0 spiro atoms. The molecule has 122 valence electrons. The summed E-state index contributed by atoms with van der Waals surface area (Å²) >= 11 is 0. The largest absolute Gasteiger partial charge is 0.497 e. The van der Waals surface area contributed by atoms with Gasteiger partial charge >= 0.3 is 5.97 Å². The van der Waals surface area contributed by atoms with Gasteiger partial charge in [-0.15, -0.1) is 0 Å². The smallest absolute Gasteiger partial charge is 0.356 e. The van der Waals surface area contributed by atoms with E-state index >= 15 is 0 Å². The maximum Gasteiger partial charge on any atom is 0.356 e. The van der Waals surface area contributed by atoms with Gasteiger partial charge in [0.1, 0.15) is 5.75 Å². The Bertz CT molecular complexity index is 906.